The molecule has 14 heavy (non-hydrogen) atoms. The van der Waals surface area contributed by atoms with Gasteiger partial charge < -0.3 is 15.5 Å². The molecule has 5 heteroatoms. The molecular weight excluding hydrogens is 182 g/mol. The number of anilines is 1. The molecule has 0 saturated heterocycles. The zero-order valence-corrected chi connectivity index (χ0v) is 8.14. The summed E-state index contributed by atoms with van der Waals surface area (Å²) in [5.74, 6) is 0.553. The molecule has 0 unspecified atom stereocenters. The first-order valence-corrected chi connectivity index (χ1v) is 4.54. The van der Waals surface area contributed by atoms with Crippen LogP contribution in [0.15, 0.2) is 18.3 Å². The number of nitrogens with zero attached hydrogens (tertiary/aromatic N) is 2. The smallest absolute Gasteiger partial charge is 0.149 e. The van der Waals surface area contributed by atoms with E-state index < -0.39 is 5.54 Å². The molecule has 3 N–H and O–H groups in total. The second-order valence-electron chi connectivity index (χ2n) is 3.18. The van der Waals surface area contributed by atoms with E-state index in [0.717, 1.165) is 0 Å². The SMILES string of the molecule is CCC(CO)(CO)Nc1cccnn1. The van der Waals surface area contributed by atoms with Gasteiger partial charge in [-0.15, -0.1) is 5.10 Å². The fourth-order valence-electron chi connectivity index (χ4n) is 1.08. The predicted octanol–water partition coefficient (Wildman–Crippen LogP) is 0.0219. The third-order valence-electron chi connectivity index (χ3n) is 2.25. The maximum atomic E-state index is 9.17. The minimum absolute atomic E-state index is 0.142. The van der Waals surface area contributed by atoms with Crippen LogP contribution in [0.4, 0.5) is 5.82 Å². The number of hydrogen-bond acceptors (Lipinski definition) is 5. The normalized spacial score (nSPS) is 11.4. The van der Waals surface area contributed by atoms with Gasteiger partial charge in [-0.25, -0.2) is 0 Å². The van der Waals surface area contributed by atoms with E-state index in [-0.39, 0.29) is 13.2 Å². The first-order chi connectivity index (χ1) is 6.76. The van der Waals surface area contributed by atoms with E-state index in [0.29, 0.717) is 12.2 Å². The van der Waals surface area contributed by atoms with Gasteiger partial charge in [0.1, 0.15) is 5.82 Å². The molecule has 0 spiro atoms. The third kappa shape index (κ3) is 2.40. The Labute approximate surface area is 82.8 Å². The summed E-state index contributed by atoms with van der Waals surface area (Å²) in [5.41, 5.74) is -0.712. The van der Waals surface area contributed by atoms with Crippen molar-refractivity contribution in [3.05, 3.63) is 18.3 Å². The molecule has 0 saturated carbocycles. The zero-order valence-electron chi connectivity index (χ0n) is 8.14. The fourth-order valence-corrected chi connectivity index (χ4v) is 1.08. The van der Waals surface area contributed by atoms with Crippen molar-refractivity contribution in [1.82, 2.24) is 10.2 Å². The van der Waals surface area contributed by atoms with E-state index in [1.165, 1.54) is 0 Å². The van der Waals surface area contributed by atoms with Crippen molar-refractivity contribution in [3.63, 3.8) is 0 Å². The molecular formula is C9H15N3O2. The van der Waals surface area contributed by atoms with Gasteiger partial charge in [-0.05, 0) is 18.6 Å². The van der Waals surface area contributed by atoms with Crippen LogP contribution >= 0.6 is 0 Å². The number of aliphatic hydroxyl groups is 2. The van der Waals surface area contributed by atoms with Crippen LogP contribution < -0.4 is 5.32 Å². The molecule has 0 atom stereocenters. The van der Waals surface area contributed by atoms with E-state index >= 15 is 0 Å². The van der Waals surface area contributed by atoms with Crippen molar-refractivity contribution in [2.75, 3.05) is 18.5 Å². The molecule has 0 aliphatic rings. The van der Waals surface area contributed by atoms with Crippen molar-refractivity contribution in [1.29, 1.82) is 0 Å². The molecule has 1 aromatic rings. The van der Waals surface area contributed by atoms with Crippen molar-refractivity contribution in [2.45, 2.75) is 18.9 Å². The van der Waals surface area contributed by atoms with Crippen LogP contribution in [0.25, 0.3) is 0 Å². The number of hydrogen-bond donors (Lipinski definition) is 3. The van der Waals surface area contributed by atoms with Gasteiger partial charge in [-0.2, -0.15) is 5.10 Å². The lowest BCUT2D eigenvalue weighted by atomic mass is 9.99. The quantitative estimate of drug-likeness (QED) is 0.620. The summed E-state index contributed by atoms with van der Waals surface area (Å²) < 4.78 is 0. The van der Waals surface area contributed by atoms with Gasteiger partial charge in [-0.3, -0.25) is 0 Å². The highest BCUT2D eigenvalue weighted by atomic mass is 16.3. The molecule has 0 amide bonds. The molecule has 78 valence electrons. The van der Waals surface area contributed by atoms with Gasteiger partial charge in [0, 0.05) is 6.20 Å². The van der Waals surface area contributed by atoms with E-state index in [4.69, 9.17) is 10.2 Å². The molecule has 0 radical (unpaired) electrons. The van der Waals surface area contributed by atoms with Crippen LogP contribution in [0.2, 0.25) is 0 Å². The van der Waals surface area contributed by atoms with Crippen molar-refractivity contribution >= 4 is 5.82 Å². The van der Waals surface area contributed by atoms with Crippen LogP contribution in [0.3, 0.4) is 0 Å². The van der Waals surface area contributed by atoms with Gasteiger partial charge in [0.25, 0.3) is 0 Å². The number of aliphatic hydroxyl groups excluding tert-OH is 2. The Morgan fingerprint density at radius 2 is 2.14 bits per heavy atom. The van der Waals surface area contributed by atoms with Crippen LogP contribution in [0.5, 0.6) is 0 Å². The average molecular weight is 197 g/mol. The lowest BCUT2D eigenvalue weighted by Gasteiger charge is -2.29. The summed E-state index contributed by atoms with van der Waals surface area (Å²) in [6.45, 7) is 1.60. The summed E-state index contributed by atoms with van der Waals surface area (Å²) in [6, 6.07) is 3.48. The fraction of sp³-hybridized carbons (Fsp3) is 0.556. The lowest BCUT2D eigenvalue weighted by molar-refractivity contribution is 0.132. The molecule has 0 bridgehead atoms. The van der Waals surface area contributed by atoms with Gasteiger partial charge in [0.05, 0.1) is 18.8 Å². The van der Waals surface area contributed by atoms with Gasteiger partial charge >= 0.3 is 0 Å². The minimum Gasteiger partial charge on any atom is -0.394 e. The Bertz CT molecular complexity index is 254. The van der Waals surface area contributed by atoms with E-state index in [1.54, 1.807) is 18.3 Å². The van der Waals surface area contributed by atoms with E-state index in [2.05, 4.69) is 15.5 Å². The number of rotatable bonds is 5. The Balaban J connectivity index is 2.74. The Hall–Kier alpha value is -1.20. The zero-order chi connectivity index (χ0) is 10.4. The first kappa shape index (κ1) is 10.9. The Morgan fingerprint density at radius 3 is 2.57 bits per heavy atom. The topological polar surface area (TPSA) is 78.3 Å². The van der Waals surface area contributed by atoms with Crippen LogP contribution in [0.1, 0.15) is 13.3 Å². The second kappa shape index (κ2) is 4.88. The van der Waals surface area contributed by atoms with E-state index in [1.807, 2.05) is 6.92 Å². The Morgan fingerprint density at radius 1 is 1.43 bits per heavy atom. The molecule has 1 aromatic heterocycles. The molecule has 0 aliphatic heterocycles. The summed E-state index contributed by atoms with van der Waals surface area (Å²) in [7, 11) is 0. The molecule has 0 aromatic carbocycles. The first-order valence-electron chi connectivity index (χ1n) is 4.54. The minimum atomic E-state index is -0.712. The molecule has 0 aliphatic carbocycles. The largest absolute Gasteiger partial charge is 0.394 e. The predicted molar refractivity (Wildman–Crippen MR) is 52.8 cm³/mol. The summed E-state index contributed by atoms with van der Waals surface area (Å²) >= 11 is 0. The maximum Gasteiger partial charge on any atom is 0.149 e. The number of aromatic nitrogens is 2. The van der Waals surface area contributed by atoms with Crippen molar-refractivity contribution in [3.8, 4) is 0 Å². The molecule has 5 nitrogen and oxygen atoms in total. The van der Waals surface area contributed by atoms with Crippen LogP contribution in [-0.2, 0) is 0 Å². The van der Waals surface area contributed by atoms with Crippen LogP contribution in [-0.4, -0.2) is 39.2 Å². The highest BCUT2D eigenvalue weighted by molar-refractivity contribution is 5.35. The van der Waals surface area contributed by atoms with Crippen molar-refractivity contribution in [2.24, 2.45) is 0 Å². The molecule has 1 heterocycles. The highest BCUT2D eigenvalue weighted by Gasteiger charge is 2.26. The standard InChI is InChI=1S/C9H15N3O2/c1-2-9(6-13,7-14)11-8-4-3-5-10-12-8/h3-5,13-14H,2,6-7H2,1H3,(H,11,12). The lowest BCUT2D eigenvalue weighted by Crippen LogP contribution is -2.45. The van der Waals surface area contributed by atoms with Gasteiger partial charge in [0.15, 0.2) is 0 Å². The maximum absolute atomic E-state index is 9.17. The van der Waals surface area contributed by atoms with E-state index in [9.17, 15) is 0 Å². The molecule has 0 fully saturated rings. The monoisotopic (exact) mass is 197 g/mol. The summed E-state index contributed by atoms with van der Waals surface area (Å²) in [6.07, 6.45) is 2.17. The van der Waals surface area contributed by atoms with Crippen LogP contribution in [0, 0.1) is 0 Å². The van der Waals surface area contributed by atoms with Crippen molar-refractivity contribution < 1.29 is 10.2 Å². The average Bonchev–Trinajstić information content (AvgIpc) is 2.28. The summed E-state index contributed by atoms with van der Waals surface area (Å²) in [5, 5.41) is 28.8. The Kier molecular flexibility index (Phi) is 3.79. The van der Waals surface area contributed by atoms with Gasteiger partial charge in [-0.1, -0.05) is 6.92 Å². The third-order valence-corrected chi connectivity index (χ3v) is 2.25. The second-order valence-corrected chi connectivity index (χ2v) is 3.18. The molecule has 1 rings (SSSR count). The van der Waals surface area contributed by atoms with Gasteiger partial charge in [0.2, 0.25) is 0 Å². The highest BCUT2D eigenvalue weighted by Crippen LogP contribution is 2.15. The number of nitrogens with one attached hydrogen (secondary N) is 1. The summed E-state index contributed by atoms with van der Waals surface area (Å²) in [4.78, 5) is 0.